The number of halogens is 1. The summed E-state index contributed by atoms with van der Waals surface area (Å²) in [5, 5.41) is 10.6. The summed E-state index contributed by atoms with van der Waals surface area (Å²) in [7, 11) is 0. The van der Waals surface area contributed by atoms with E-state index in [2.05, 4.69) is 15.9 Å². The molecule has 1 rings (SSSR count). The molecular weight excluding hydrogens is 234 g/mol. The smallest absolute Gasteiger partial charge is 0.258 e. The molecule has 0 aromatic heterocycles. The number of hydrogen-bond donors (Lipinski definition) is 0. The van der Waals surface area contributed by atoms with Crippen LogP contribution in [-0.4, -0.2) is 4.92 Å². The summed E-state index contributed by atoms with van der Waals surface area (Å²) in [4.78, 5) is 10.2. The zero-order chi connectivity index (χ0) is 9.84. The lowest BCUT2D eigenvalue weighted by Crippen LogP contribution is -1.91. The third kappa shape index (κ3) is 2.52. The van der Waals surface area contributed by atoms with E-state index in [1.165, 1.54) is 0 Å². The van der Waals surface area contributed by atoms with Crippen LogP contribution in [0.15, 0.2) is 22.7 Å². The van der Waals surface area contributed by atoms with Crippen molar-refractivity contribution in [1.82, 2.24) is 0 Å². The number of aryl methyl sites for hydroxylation is 1. The van der Waals surface area contributed by atoms with Crippen LogP contribution in [0.5, 0.6) is 0 Å². The van der Waals surface area contributed by atoms with Crippen molar-refractivity contribution >= 4 is 21.6 Å². The van der Waals surface area contributed by atoms with Gasteiger partial charge >= 0.3 is 0 Å². The van der Waals surface area contributed by atoms with Crippen molar-refractivity contribution in [3.63, 3.8) is 0 Å². The van der Waals surface area contributed by atoms with Gasteiger partial charge in [0.2, 0.25) is 0 Å². The Hall–Kier alpha value is -0.900. The minimum atomic E-state index is -0.372. The van der Waals surface area contributed by atoms with E-state index in [-0.39, 0.29) is 10.6 Å². The molecule has 0 bridgehead atoms. The predicted molar refractivity (Wildman–Crippen MR) is 54.8 cm³/mol. The van der Waals surface area contributed by atoms with Gasteiger partial charge in [0.25, 0.3) is 5.69 Å². The number of hydrogen-bond acceptors (Lipinski definition) is 2. The third-order valence-corrected chi connectivity index (χ3v) is 2.42. The molecule has 13 heavy (non-hydrogen) atoms. The molecule has 0 atom stereocenters. The molecule has 0 aliphatic rings. The van der Waals surface area contributed by atoms with Gasteiger partial charge < -0.3 is 0 Å². The van der Waals surface area contributed by atoms with E-state index in [9.17, 15) is 10.1 Å². The number of nitro groups is 1. The van der Waals surface area contributed by atoms with Crippen molar-refractivity contribution in [3.8, 4) is 0 Å². The fraction of sp³-hybridized carbons (Fsp3) is 0.333. The maximum Gasteiger partial charge on any atom is 0.283 e. The molecule has 1 aromatic carbocycles. The first-order chi connectivity index (χ1) is 6.15. The van der Waals surface area contributed by atoms with E-state index in [0.717, 1.165) is 18.4 Å². The Morgan fingerprint density at radius 2 is 2.23 bits per heavy atom. The molecule has 3 nitrogen and oxygen atoms in total. The molecule has 70 valence electrons. The van der Waals surface area contributed by atoms with Gasteiger partial charge in [-0.25, -0.2) is 0 Å². The fourth-order valence-electron chi connectivity index (χ4n) is 1.14. The number of nitro benzene ring substituents is 1. The van der Waals surface area contributed by atoms with Crippen molar-refractivity contribution < 1.29 is 4.92 Å². The molecule has 0 spiro atoms. The second-order valence-corrected chi connectivity index (χ2v) is 3.65. The number of benzene rings is 1. The minimum absolute atomic E-state index is 0.144. The van der Waals surface area contributed by atoms with E-state index >= 15 is 0 Å². The summed E-state index contributed by atoms with van der Waals surface area (Å²) >= 11 is 3.14. The van der Waals surface area contributed by atoms with Gasteiger partial charge in [-0.2, -0.15) is 0 Å². The first-order valence-corrected chi connectivity index (χ1v) is 4.87. The summed E-state index contributed by atoms with van der Waals surface area (Å²) in [5.74, 6) is 0. The molecular formula is C9H10BrNO2. The molecule has 0 N–H and O–H groups in total. The lowest BCUT2D eigenvalue weighted by atomic mass is 10.1. The molecule has 0 amide bonds. The summed E-state index contributed by atoms with van der Waals surface area (Å²) in [6, 6.07) is 5.25. The summed E-state index contributed by atoms with van der Waals surface area (Å²) in [6.45, 7) is 2.05. The van der Waals surface area contributed by atoms with Gasteiger partial charge in [0.05, 0.1) is 9.40 Å². The van der Waals surface area contributed by atoms with Gasteiger partial charge in [0.15, 0.2) is 0 Å². The standard InChI is InChI=1S/C9H10BrNO2/c1-2-3-7-4-5-8(10)9(6-7)11(12)13/h4-6H,2-3H2,1H3. The molecule has 0 unspecified atom stereocenters. The van der Waals surface area contributed by atoms with Crippen LogP contribution in [-0.2, 0) is 6.42 Å². The van der Waals surface area contributed by atoms with E-state index in [1.807, 2.05) is 13.0 Å². The highest BCUT2D eigenvalue weighted by Gasteiger charge is 2.11. The van der Waals surface area contributed by atoms with Gasteiger partial charge in [-0.3, -0.25) is 10.1 Å². The molecule has 0 radical (unpaired) electrons. The van der Waals surface area contributed by atoms with Crippen LogP contribution >= 0.6 is 15.9 Å². The second-order valence-electron chi connectivity index (χ2n) is 2.79. The average molecular weight is 244 g/mol. The van der Waals surface area contributed by atoms with E-state index < -0.39 is 0 Å². The van der Waals surface area contributed by atoms with Crippen LogP contribution in [0.1, 0.15) is 18.9 Å². The monoisotopic (exact) mass is 243 g/mol. The molecule has 0 aliphatic carbocycles. The molecule has 0 saturated carbocycles. The Bertz CT molecular complexity index is 325. The minimum Gasteiger partial charge on any atom is -0.258 e. The van der Waals surface area contributed by atoms with Crippen molar-refractivity contribution in [2.24, 2.45) is 0 Å². The Labute approximate surface area is 85.0 Å². The topological polar surface area (TPSA) is 43.1 Å². The van der Waals surface area contributed by atoms with Gasteiger partial charge in [0.1, 0.15) is 0 Å². The fourth-order valence-corrected chi connectivity index (χ4v) is 1.53. The van der Waals surface area contributed by atoms with Crippen molar-refractivity contribution in [2.75, 3.05) is 0 Å². The average Bonchev–Trinajstić information content (AvgIpc) is 2.08. The highest BCUT2D eigenvalue weighted by Crippen LogP contribution is 2.25. The van der Waals surface area contributed by atoms with Crippen LogP contribution in [0, 0.1) is 10.1 Å². The second kappa shape index (κ2) is 4.37. The summed E-state index contributed by atoms with van der Waals surface area (Å²) in [5.41, 5.74) is 1.16. The Morgan fingerprint density at radius 3 is 2.77 bits per heavy atom. The van der Waals surface area contributed by atoms with Crippen LogP contribution in [0.3, 0.4) is 0 Å². The van der Waals surface area contributed by atoms with E-state index in [1.54, 1.807) is 12.1 Å². The highest BCUT2D eigenvalue weighted by molar-refractivity contribution is 9.10. The highest BCUT2D eigenvalue weighted by atomic mass is 79.9. The van der Waals surface area contributed by atoms with Gasteiger partial charge in [-0.15, -0.1) is 0 Å². The number of nitrogens with zero attached hydrogens (tertiary/aromatic N) is 1. The molecule has 0 aliphatic heterocycles. The molecule has 0 heterocycles. The van der Waals surface area contributed by atoms with Crippen LogP contribution in [0.4, 0.5) is 5.69 Å². The van der Waals surface area contributed by atoms with Crippen molar-refractivity contribution in [2.45, 2.75) is 19.8 Å². The van der Waals surface area contributed by atoms with Gasteiger partial charge in [0, 0.05) is 6.07 Å². The Balaban J connectivity index is 3.04. The summed E-state index contributed by atoms with van der Waals surface area (Å²) < 4.78 is 0.539. The van der Waals surface area contributed by atoms with E-state index in [4.69, 9.17) is 0 Å². The lowest BCUT2D eigenvalue weighted by molar-refractivity contribution is -0.385. The first-order valence-electron chi connectivity index (χ1n) is 4.08. The first kappa shape index (κ1) is 10.2. The zero-order valence-electron chi connectivity index (χ0n) is 7.29. The van der Waals surface area contributed by atoms with E-state index in [0.29, 0.717) is 4.47 Å². The zero-order valence-corrected chi connectivity index (χ0v) is 8.87. The summed E-state index contributed by atoms with van der Waals surface area (Å²) in [6.07, 6.45) is 1.88. The lowest BCUT2D eigenvalue weighted by Gasteiger charge is -1.99. The van der Waals surface area contributed by atoms with Gasteiger partial charge in [-0.05, 0) is 34.0 Å². The Kier molecular flexibility index (Phi) is 3.42. The van der Waals surface area contributed by atoms with Crippen LogP contribution < -0.4 is 0 Å². The molecule has 0 fully saturated rings. The molecule has 4 heteroatoms. The van der Waals surface area contributed by atoms with Crippen LogP contribution in [0.2, 0.25) is 0 Å². The predicted octanol–water partition coefficient (Wildman–Crippen LogP) is 3.31. The molecule has 1 aromatic rings. The maximum absolute atomic E-state index is 10.6. The maximum atomic E-state index is 10.6. The SMILES string of the molecule is CCCc1ccc(Br)c([N+](=O)[O-])c1. The third-order valence-electron chi connectivity index (χ3n) is 1.75. The number of rotatable bonds is 3. The Morgan fingerprint density at radius 1 is 1.54 bits per heavy atom. The normalized spacial score (nSPS) is 10.0. The van der Waals surface area contributed by atoms with Crippen molar-refractivity contribution in [3.05, 3.63) is 38.3 Å². The molecule has 0 saturated heterocycles. The quantitative estimate of drug-likeness (QED) is 0.604. The van der Waals surface area contributed by atoms with Crippen molar-refractivity contribution in [1.29, 1.82) is 0 Å². The largest absolute Gasteiger partial charge is 0.283 e. The van der Waals surface area contributed by atoms with Crippen LogP contribution in [0.25, 0.3) is 0 Å². The van der Waals surface area contributed by atoms with Gasteiger partial charge in [-0.1, -0.05) is 19.4 Å².